The normalized spacial score (nSPS) is 10.3. The second kappa shape index (κ2) is 4.86. The molecule has 1 nitrogen and oxygen atoms in total. The Balaban J connectivity index is 2.45. The Kier molecular flexibility index (Phi) is 3.46. The van der Waals surface area contributed by atoms with Crippen LogP contribution >= 0.6 is 23.2 Å². The van der Waals surface area contributed by atoms with Crippen LogP contribution in [-0.4, -0.2) is 5.78 Å². The van der Waals surface area contributed by atoms with Crippen molar-refractivity contribution in [3.63, 3.8) is 0 Å². The van der Waals surface area contributed by atoms with Crippen molar-refractivity contribution in [2.75, 3.05) is 0 Å². The molecule has 0 saturated carbocycles. The van der Waals surface area contributed by atoms with Gasteiger partial charge in [-0.2, -0.15) is 0 Å². The summed E-state index contributed by atoms with van der Waals surface area (Å²) in [4.78, 5) is 12.0. The van der Waals surface area contributed by atoms with E-state index in [4.69, 9.17) is 23.2 Å². The monoisotopic (exact) mass is 268 g/mol. The van der Waals surface area contributed by atoms with Crippen LogP contribution in [0.3, 0.4) is 0 Å². The maximum Gasteiger partial charge on any atom is 0.193 e. The van der Waals surface area contributed by atoms with E-state index in [1.54, 1.807) is 30.3 Å². The van der Waals surface area contributed by atoms with Crippen LogP contribution in [-0.2, 0) is 0 Å². The summed E-state index contributed by atoms with van der Waals surface area (Å²) in [7, 11) is 0. The average molecular weight is 269 g/mol. The van der Waals surface area contributed by atoms with Crippen molar-refractivity contribution in [3.8, 4) is 0 Å². The number of rotatable bonds is 2. The summed E-state index contributed by atoms with van der Waals surface area (Å²) in [5.74, 6) is -0.952. The first-order chi connectivity index (χ1) is 8.09. The fraction of sp³-hybridized carbons (Fsp3) is 0. The third-order valence-corrected chi connectivity index (χ3v) is 2.83. The second-order valence-electron chi connectivity index (χ2n) is 3.45. The van der Waals surface area contributed by atoms with Crippen LogP contribution in [0.4, 0.5) is 4.39 Å². The Bertz CT molecular complexity index is 544. The smallest absolute Gasteiger partial charge is 0.193 e. The first-order valence-corrected chi connectivity index (χ1v) is 5.59. The van der Waals surface area contributed by atoms with E-state index in [9.17, 15) is 9.18 Å². The summed E-state index contributed by atoms with van der Waals surface area (Å²) >= 11 is 11.3. The molecule has 17 heavy (non-hydrogen) atoms. The van der Waals surface area contributed by atoms with Crippen LogP contribution in [0, 0.1) is 5.82 Å². The molecular formula is C13H7Cl2FO. The maximum atomic E-state index is 13.2. The van der Waals surface area contributed by atoms with Crippen molar-refractivity contribution in [3.05, 3.63) is 69.5 Å². The van der Waals surface area contributed by atoms with E-state index in [0.717, 1.165) is 0 Å². The van der Waals surface area contributed by atoms with E-state index in [0.29, 0.717) is 5.56 Å². The molecular weight excluding hydrogens is 262 g/mol. The fourth-order valence-corrected chi connectivity index (χ4v) is 1.93. The van der Waals surface area contributed by atoms with Gasteiger partial charge >= 0.3 is 0 Å². The average Bonchev–Trinajstić information content (AvgIpc) is 2.35. The Morgan fingerprint density at radius 1 is 0.941 bits per heavy atom. The summed E-state index contributed by atoms with van der Waals surface area (Å²) in [6.07, 6.45) is 0. The van der Waals surface area contributed by atoms with Gasteiger partial charge < -0.3 is 0 Å². The predicted molar refractivity (Wildman–Crippen MR) is 66.3 cm³/mol. The third-order valence-electron chi connectivity index (χ3n) is 2.28. The van der Waals surface area contributed by atoms with Gasteiger partial charge in [0.15, 0.2) is 11.6 Å². The molecule has 0 atom stereocenters. The molecule has 0 spiro atoms. The molecule has 0 radical (unpaired) electrons. The highest BCUT2D eigenvalue weighted by atomic mass is 35.5. The number of carbonyl (C=O) groups excluding carboxylic acids is 1. The van der Waals surface area contributed by atoms with Crippen molar-refractivity contribution in [2.45, 2.75) is 0 Å². The van der Waals surface area contributed by atoms with Crippen LogP contribution < -0.4 is 0 Å². The minimum atomic E-state index is -0.710. The van der Waals surface area contributed by atoms with Crippen molar-refractivity contribution >= 4 is 29.0 Å². The van der Waals surface area contributed by atoms with Gasteiger partial charge in [0.2, 0.25) is 0 Å². The highest BCUT2D eigenvalue weighted by Crippen LogP contribution is 2.25. The molecule has 2 rings (SSSR count). The molecule has 86 valence electrons. The zero-order chi connectivity index (χ0) is 12.4. The number of benzene rings is 2. The molecule has 0 fully saturated rings. The molecule has 0 bridgehead atoms. The van der Waals surface area contributed by atoms with E-state index in [1.165, 1.54) is 12.1 Å². The Morgan fingerprint density at radius 2 is 1.47 bits per heavy atom. The number of hydrogen-bond donors (Lipinski definition) is 0. The van der Waals surface area contributed by atoms with Crippen LogP contribution in [0.5, 0.6) is 0 Å². The third kappa shape index (κ3) is 2.48. The highest BCUT2D eigenvalue weighted by Gasteiger charge is 2.14. The Morgan fingerprint density at radius 3 is 2.00 bits per heavy atom. The molecule has 0 aromatic heterocycles. The van der Waals surface area contributed by atoms with Gasteiger partial charge in [0.25, 0.3) is 0 Å². The molecule has 0 unspecified atom stereocenters. The van der Waals surface area contributed by atoms with E-state index < -0.39 is 5.82 Å². The van der Waals surface area contributed by atoms with E-state index in [-0.39, 0.29) is 21.4 Å². The van der Waals surface area contributed by atoms with Gasteiger partial charge in [-0.05, 0) is 12.1 Å². The Labute approximate surface area is 108 Å². The molecule has 4 heteroatoms. The van der Waals surface area contributed by atoms with Crippen molar-refractivity contribution in [1.82, 2.24) is 0 Å². The van der Waals surface area contributed by atoms with Gasteiger partial charge in [0.1, 0.15) is 0 Å². The summed E-state index contributed by atoms with van der Waals surface area (Å²) < 4.78 is 13.2. The van der Waals surface area contributed by atoms with Gasteiger partial charge in [0.05, 0.1) is 10.0 Å². The predicted octanol–water partition coefficient (Wildman–Crippen LogP) is 4.36. The van der Waals surface area contributed by atoms with Crippen LogP contribution in [0.1, 0.15) is 15.9 Å². The molecule has 0 aliphatic carbocycles. The van der Waals surface area contributed by atoms with E-state index in [1.807, 2.05) is 0 Å². The topological polar surface area (TPSA) is 17.1 Å². The minimum Gasteiger partial charge on any atom is -0.289 e. The standard InChI is InChI=1S/C13H7Cl2FO/c14-10-6-9(7-11(15)12(10)16)13(17)8-4-2-1-3-5-8/h1-7H. The number of hydrogen-bond acceptors (Lipinski definition) is 1. The van der Waals surface area contributed by atoms with Crippen LogP contribution in [0.25, 0.3) is 0 Å². The lowest BCUT2D eigenvalue weighted by atomic mass is 10.0. The lowest BCUT2D eigenvalue weighted by molar-refractivity contribution is 0.103. The molecule has 0 saturated heterocycles. The zero-order valence-corrected chi connectivity index (χ0v) is 10.1. The molecule has 0 heterocycles. The lowest BCUT2D eigenvalue weighted by Crippen LogP contribution is -2.01. The molecule has 0 amide bonds. The molecule has 0 aliphatic rings. The first kappa shape index (κ1) is 12.1. The van der Waals surface area contributed by atoms with E-state index >= 15 is 0 Å². The summed E-state index contributed by atoms with van der Waals surface area (Å²) in [6, 6.07) is 11.2. The molecule has 0 N–H and O–H groups in total. The van der Waals surface area contributed by atoms with Crippen molar-refractivity contribution in [2.24, 2.45) is 0 Å². The highest BCUT2D eigenvalue weighted by molar-refractivity contribution is 6.35. The molecule has 2 aromatic rings. The van der Waals surface area contributed by atoms with Gasteiger partial charge in [-0.25, -0.2) is 4.39 Å². The zero-order valence-electron chi connectivity index (χ0n) is 8.58. The first-order valence-electron chi connectivity index (χ1n) is 4.84. The molecule has 0 aliphatic heterocycles. The molecule has 2 aromatic carbocycles. The van der Waals surface area contributed by atoms with Gasteiger partial charge in [-0.1, -0.05) is 53.5 Å². The largest absolute Gasteiger partial charge is 0.289 e. The van der Waals surface area contributed by atoms with Crippen LogP contribution in [0.15, 0.2) is 42.5 Å². The quantitative estimate of drug-likeness (QED) is 0.584. The summed E-state index contributed by atoms with van der Waals surface area (Å²) in [5, 5.41) is -0.312. The van der Waals surface area contributed by atoms with E-state index in [2.05, 4.69) is 0 Å². The summed E-state index contributed by atoms with van der Waals surface area (Å²) in [5.41, 5.74) is 0.777. The second-order valence-corrected chi connectivity index (χ2v) is 4.26. The van der Waals surface area contributed by atoms with Gasteiger partial charge in [-0.15, -0.1) is 0 Å². The lowest BCUT2D eigenvalue weighted by Gasteiger charge is -2.04. The number of ketones is 1. The minimum absolute atomic E-state index is 0.156. The van der Waals surface area contributed by atoms with Gasteiger partial charge in [-0.3, -0.25) is 4.79 Å². The number of halogens is 3. The van der Waals surface area contributed by atoms with Gasteiger partial charge in [0, 0.05) is 11.1 Å². The Hall–Kier alpha value is -1.38. The van der Waals surface area contributed by atoms with Crippen molar-refractivity contribution in [1.29, 1.82) is 0 Å². The maximum absolute atomic E-state index is 13.2. The summed E-state index contributed by atoms with van der Waals surface area (Å²) in [6.45, 7) is 0. The SMILES string of the molecule is O=C(c1ccccc1)c1cc(Cl)c(F)c(Cl)c1. The van der Waals surface area contributed by atoms with Crippen molar-refractivity contribution < 1.29 is 9.18 Å². The number of carbonyl (C=O) groups is 1. The van der Waals surface area contributed by atoms with Crippen LogP contribution in [0.2, 0.25) is 10.0 Å². The fourth-order valence-electron chi connectivity index (χ4n) is 1.44.